The van der Waals surface area contributed by atoms with E-state index >= 15 is 0 Å². The lowest BCUT2D eigenvalue weighted by Crippen LogP contribution is -2.21. The van der Waals surface area contributed by atoms with Gasteiger partial charge in [0.1, 0.15) is 5.75 Å². The maximum atomic E-state index is 14.7. The summed E-state index contributed by atoms with van der Waals surface area (Å²) < 4.78 is 34.4. The monoisotopic (exact) mass is 466 g/mol. The molecule has 0 aliphatic heterocycles. The molecule has 0 atom stereocenters. The second-order valence-corrected chi connectivity index (χ2v) is 8.28. The molecule has 0 saturated heterocycles. The van der Waals surface area contributed by atoms with Crippen molar-refractivity contribution in [1.29, 1.82) is 0 Å². The van der Waals surface area contributed by atoms with Crippen LogP contribution in [-0.2, 0) is 19.0 Å². The van der Waals surface area contributed by atoms with Gasteiger partial charge in [0.2, 0.25) is 0 Å². The second kappa shape index (κ2) is 11.8. The highest BCUT2D eigenvalue weighted by Gasteiger charge is 2.34. The van der Waals surface area contributed by atoms with Crippen LogP contribution >= 0.6 is 11.6 Å². The Morgan fingerprint density at radius 2 is 1.36 bits per heavy atom. The minimum atomic E-state index is -3.42. The third-order valence-corrected chi connectivity index (χ3v) is 5.72. The highest BCUT2D eigenvalue weighted by molar-refractivity contribution is 6.33. The van der Waals surface area contributed by atoms with Gasteiger partial charge in [-0.15, -0.1) is 0 Å². The summed E-state index contributed by atoms with van der Waals surface area (Å²) >= 11 is 6.48. The van der Waals surface area contributed by atoms with E-state index < -0.39 is 6.11 Å². The highest BCUT2D eigenvalue weighted by Crippen LogP contribution is 2.34. The SMILES string of the molecule is C/C=C/CCc1ccc(C(F)(F)Oc2ccc(-c3ccc(CC/C=C/C)cc3Cl)cc2)cc1. The largest absolute Gasteiger partial charge is 0.429 e. The van der Waals surface area contributed by atoms with Gasteiger partial charge in [0.15, 0.2) is 0 Å². The van der Waals surface area contributed by atoms with Crippen molar-refractivity contribution in [1.82, 2.24) is 0 Å². The third-order valence-electron chi connectivity index (χ3n) is 5.41. The van der Waals surface area contributed by atoms with Crippen LogP contribution in [0.2, 0.25) is 5.02 Å². The average Bonchev–Trinajstić information content (AvgIpc) is 2.80. The van der Waals surface area contributed by atoms with Crippen LogP contribution in [0.15, 0.2) is 91.0 Å². The van der Waals surface area contributed by atoms with E-state index in [1.807, 2.05) is 44.2 Å². The van der Waals surface area contributed by atoms with Gasteiger partial charge in [-0.3, -0.25) is 0 Å². The van der Waals surface area contributed by atoms with Crippen LogP contribution in [0.5, 0.6) is 5.75 Å². The van der Waals surface area contributed by atoms with Gasteiger partial charge < -0.3 is 4.74 Å². The normalized spacial score (nSPS) is 12.0. The lowest BCUT2D eigenvalue weighted by atomic mass is 10.0. The summed E-state index contributed by atoms with van der Waals surface area (Å²) in [4.78, 5) is 0. The summed E-state index contributed by atoms with van der Waals surface area (Å²) in [7, 11) is 0. The maximum absolute atomic E-state index is 14.7. The number of hydrogen-bond donors (Lipinski definition) is 0. The lowest BCUT2D eigenvalue weighted by Gasteiger charge is -2.19. The van der Waals surface area contributed by atoms with Gasteiger partial charge in [0.05, 0.1) is 5.56 Å². The lowest BCUT2D eigenvalue weighted by molar-refractivity contribution is -0.185. The van der Waals surface area contributed by atoms with Gasteiger partial charge in [-0.05, 0) is 86.6 Å². The maximum Gasteiger partial charge on any atom is 0.426 e. The first kappa shape index (κ1) is 24.7. The summed E-state index contributed by atoms with van der Waals surface area (Å²) in [5.41, 5.74) is 3.72. The van der Waals surface area contributed by atoms with Gasteiger partial charge in [-0.2, -0.15) is 8.78 Å². The van der Waals surface area contributed by atoms with Gasteiger partial charge >= 0.3 is 6.11 Å². The minimum Gasteiger partial charge on any atom is -0.429 e. The summed E-state index contributed by atoms with van der Waals surface area (Å²) in [6.45, 7) is 3.97. The first-order valence-corrected chi connectivity index (χ1v) is 11.6. The number of allylic oxidation sites excluding steroid dienone is 4. The van der Waals surface area contributed by atoms with Crippen LogP contribution in [-0.4, -0.2) is 0 Å². The fourth-order valence-electron chi connectivity index (χ4n) is 3.56. The zero-order valence-electron chi connectivity index (χ0n) is 19.0. The molecule has 0 spiro atoms. The molecule has 1 nitrogen and oxygen atoms in total. The van der Waals surface area contributed by atoms with E-state index in [-0.39, 0.29) is 11.3 Å². The summed E-state index contributed by atoms with van der Waals surface area (Å²) in [6, 6.07) is 18.9. The Hall–Kier alpha value is -2.91. The van der Waals surface area contributed by atoms with Crippen molar-refractivity contribution in [2.45, 2.75) is 45.6 Å². The van der Waals surface area contributed by atoms with E-state index in [0.29, 0.717) is 5.02 Å². The third kappa shape index (κ3) is 7.03. The summed E-state index contributed by atoms with van der Waals surface area (Å²) in [5, 5.41) is 0.640. The number of aryl methyl sites for hydroxylation is 2. The molecule has 0 fully saturated rings. The van der Waals surface area contributed by atoms with E-state index in [0.717, 1.165) is 47.9 Å². The molecule has 3 aromatic carbocycles. The molecule has 0 aromatic heterocycles. The Balaban J connectivity index is 1.67. The van der Waals surface area contributed by atoms with Crippen molar-refractivity contribution >= 4 is 11.6 Å². The molecular formula is C29H29ClF2O. The fraction of sp³-hybridized carbons (Fsp3) is 0.241. The standard InChI is InChI=1S/C29H29ClF2O/c1-3-5-7-9-22-11-16-25(17-12-22)29(31,32)33-26-18-14-24(15-19-26)27-20-13-23(21-28(27)30)10-8-6-4-2/h3-6,11-21H,7-10H2,1-2H3/b5-3+,6-4+. The molecule has 3 aromatic rings. The second-order valence-electron chi connectivity index (χ2n) is 7.87. The van der Waals surface area contributed by atoms with Crippen LogP contribution in [0.25, 0.3) is 11.1 Å². The first-order chi connectivity index (χ1) is 15.9. The number of hydrogen-bond acceptors (Lipinski definition) is 1. The molecule has 0 radical (unpaired) electrons. The first-order valence-electron chi connectivity index (χ1n) is 11.2. The van der Waals surface area contributed by atoms with E-state index in [4.69, 9.17) is 16.3 Å². The van der Waals surface area contributed by atoms with E-state index in [1.165, 1.54) is 12.1 Å². The topological polar surface area (TPSA) is 9.23 Å². The number of halogens is 3. The highest BCUT2D eigenvalue weighted by atomic mass is 35.5. The van der Waals surface area contributed by atoms with Crippen LogP contribution in [0, 0.1) is 0 Å². The van der Waals surface area contributed by atoms with Gasteiger partial charge in [-0.1, -0.05) is 72.3 Å². The van der Waals surface area contributed by atoms with Crippen molar-refractivity contribution < 1.29 is 13.5 Å². The molecule has 33 heavy (non-hydrogen) atoms. The van der Waals surface area contributed by atoms with Crippen LogP contribution < -0.4 is 4.74 Å². The fourth-order valence-corrected chi connectivity index (χ4v) is 3.87. The number of benzene rings is 3. The zero-order chi connectivity index (χ0) is 23.7. The van der Waals surface area contributed by atoms with Crippen LogP contribution in [0.4, 0.5) is 8.78 Å². The molecule has 0 aliphatic carbocycles. The summed E-state index contributed by atoms with van der Waals surface area (Å²) in [5.74, 6) is 0.0972. The minimum absolute atomic E-state index is 0.0972. The molecule has 0 amide bonds. The predicted molar refractivity (Wildman–Crippen MR) is 134 cm³/mol. The quantitative estimate of drug-likeness (QED) is 0.270. The van der Waals surface area contributed by atoms with Gasteiger partial charge in [0.25, 0.3) is 0 Å². The Labute approximate surface area is 200 Å². The van der Waals surface area contributed by atoms with Crippen molar-refractivity contribution in [3.05, 3.63) is 113 Å². The van der Waals surface area contributed by atoms with Crippen molar-refractivity contribution in [3.8, 4) is 16.9 Å². The van der Waals surface area contributed by atoms with Crippen LogP contribution in [0.3, 0.4) is 0 Å². The molecule has 4 heteroatoms. The molecule has 0 bridgehead atoms. The average molecular weight is 467 g/mol. The molecule has 0 N–H and O–H groups in total. The van der Waals surface area contributed by atoms with Crippen LogP contribution in [0.1, 0.15) is 43.4 Å². The van der Waals surface area contributed by atoms with E-state index in [1.54, 1.807) is 36.4 Å². The zero-order valence-corrected chi connectivity index (χ0v) is 19.8. The molecule has 0 aliphatic rings. The predicted octanol–water partition coefficient (Wildman–Crippen LogP) is 9.15. The Morgan fingerprint density at radius 1 is 0.788 bits per heavy atom. The van der Waals surface area contributed by atoms with Crippen molar-refractivity contribution in [2.75, 3.05) is 0 Å². The number of rotatable bonds is 10. The summed E-state index contributed by atoms with van der Waals surface area (Å²) in [6.07, 6.45) is 8.36. The molecule has 0 unspecified atom stereocenters. The molecule has 0 saturated carbocycles. The van der Waals surface area contributed by atoms with Gasteiger partial charge in [-0.25, -0.2) is 0 Å². The Kier molecular flexibility index (Phi) is 8.85. The molecule has 0 heterocycles. The Morgan fingerprint density at radius 3 is 1.94 bits per heavy atom. The molecule has 172 valence electrons. The molecular weight excluding hydrogens is 438 g/mol. The molecule has 3 rings (SSSR count). The van der Waals surface area contributed by atoms with E-state index in [9.17, 15) is 8.78 Å². The van der Waals surface area contributed by atoms with E-state index in [2.05, 4.69) is 12.2 Å². The van der Waals surface area contributed by atoms with Crippen molar-refractivity contribution in [2.24, 2.45) is 0 Å². The van der Waals surface area contributed by atoms with Crippen molar-refractivity contribution in [3.63, 3.8) is 0 Å². The number of ether oxygens (including phenoxy) is 1. The Bertz CT molecular complexity index is 1080. The van der Waals surface area contributed by atoms with Gasteiger partial charge in [0, 0.05) is 10.6 Å². The number of alkyl halides is 2. The smallest absolute Gasteiger partial charge is 0.426 e.